The van der Waals surface area contributed by atoms with Gasteiger partial charge in [-0.2, -0.15) is 5.26 Å². The summed E-state index contributed by atoms with van der Waals surface area (Å²) in [5.74, 6) is -0.697. The predicted molar refractivity (Wildman–Crippen MR) is 163 cm³/mol. The molecule has 1 unspecified atom stereocenters. The van der Waals surface area contributed by atoms with Crippen molar-refractivity contribution in [3.05, 3.63) is 111 Å². The molecule has 1 amide bonds. The first-order valence-corrected chi connectivity index (χ1v) is 14.6. The number of carbonyl (C=O) groups excluding carboxylic acids is 1. The van der Waals surface area contributed by atoms with Crippen LogP contribution in [0.5, 0.6) is 0 Å². The molecule has 2 aliphatic rings. The zero-order chi connectivity index (χ0) is 29.1. The molecule has 5 rings (SSSR count). The Labute approximate surface area is 251 Å². The highest BCUT2D eigenvalue weighted by Crippen LogP contribution is 2.49. The number of nitrogens with one attached hydrogen (secondary N) is 1. The third kappa shape index (κ3) is 6.28. The topological polar surface area (TPSA) is 59.4 Å². The maximum absolute atomic E-state index is 14.3. The van der Waals surface area contributed by atoms with Crippen LogP contribution in [-0.4, -0.2) is 37.5 Å². The summed E-state index contributed by atoms with van der Waals surface area (Å²) in [6, 6.07) is 19.7. The number of amides is 1. The summed E-state index contributed by atoms with van der Waals surface area (Å²) in [7, 11) is 2.00. The van der Waals surface area contributed by atoms with Gasteiger partial charge in [0.1, 0.15) is 5.82 Å². The quantitative estimate of drug-likeness (QED) is 0.316. The van der Waals surface area contributed by atoms with Gasteiger partial charge in [-0.15, -0.1) is 0 Å². The second kappa shape index (κ2) is 12.2. The van der Waals surface area contributed by atoms with Gasteiger partial charge in [0.2, 0.25) is 5.91 Å². The Morgan fingerprint density at radius 1 is 1.10 bits per heavy atom. The molecule has 1 atom stereocenters. The van der Waals surface area contributed by atoms with Gasteiger partial charge in [-0.1, -0.05) is 48.0 Å². The number of allylic oxidation sites excluding steroid dienone is 1. The van der Waals surface area contributed by atoms with E-state index < -0.39 is 5.92 Å². The highest BCUT2D eigenvalue weighted by molar-refractivity contribution is 6.42. The second-order valence-electron chi connectivity index (χ2n) is 11.1. The van der Waals surface area contributed by atoms with Crippen molar-refractivity contribution in [3.63, 3.8) is 0 Å². The zero-order valence-electron chi connectivity index (χ0n) is 23.1. The van der Waals surface area contributed by atoms with Crippen LogP contribution in [0.4, 0.5) is 10.1 Å². The number of hydrogen-bond acceptors (Lipinski definition) is 4. The van der Waals surface area contributed by atoms with Crippen LogP contribution in [0.2, 0.25) is 10.0 Å². The van der Waals surface area contributed by atoms with Crippen LogP contribution in [0.15, 0.2) is 72.9 Å². The summed E-state index contributed by atoms with van der Waals surface area (Å²) in [6.07, 6.45) is 3.24. The number of hydrogen-bond donors (Lipinski definition) is 1. The van der Waals surface area contributed by atoms with E-state index in [0.717, 1.165) is 67.0 Å². The molecule has 1 saturated heterocycles. The van der Waals surface area contributed by atoms with Crippen molar-refractivity contribution in [1.29, 1.82) is 5.26 Å². The van der Waals surface area contributed by atoms with Crippen molar-refractivity contribution in [1.82, 2.24) is 10.2 Å². The fraction of sp³-hybridized carbons (Fsp3) is 0.333. The first-order chi connectivity index (χ1) is 19.7. The van der Waals surface area contributed by atoms with Crippen LogP contribution >= 0.6 is 23.2 Å². The molecular weight excluding hydrogens is 558 g/mol. The van der Waals surface area contributed by atoms with Crippen LogP contribution in [0.25, 0.3) is 0 Å². The number of carbonyl (C=O) groups is 1. The van der Waals surface area contributed by atoms with E-state index in [1.165, 1.54) is 6.07 Å². The average molecular weight is 592 g/mol. The molecule has 2 aliphatic heterocycles. The summed E-state index contributed by atoms with van der Waals surface area (Å²) in [5, 5.41) is 13.0. The minimum Gasteiger partial charge on any atom is -0.351 e. The largest absolute Gasteiger partial charge is 0.351 e. The Kier molecular flexibility index (Phi) is 8.70. The van der Waals surface area contributed by atoms with E-state index in [1.807, 2.05) is 31.3 Å². The van der Waals surface area contributed by atoms with Crippen molar-refractivity contribution in [2.24, 2.45) is 0 Å². The Morgan fingerprint density at radius 3 is 2.51 bits per heavy atom. The number of fused-ring (bicyclic) bond motifs is 2. The second-order valence-corrected chi connectivity index (χ2v) is 11.9. The molecule has 0 aliphatic carbocycles. The van der Waals surface area contributed by atoms with Gasteiger partial charge in [0.15, 0.2) is 0 Å². The minimum atomic E-state index is -0.406. The minimum absolute atomic E-state index is 0.0859. The van der Waals surface area contributed by atoms with Crippen LogP contribution in [0.1, 0.15) is 53.9 Å². The first kappa shape index (κ1) is 29.1. The van der Waals surface area contributed by atoms with E-state index in [9.17, 15) is 9.18 Å². The molecule has 0 aromatic heterocycles. The molecule has 2 heterocycles. The Hall–Kier alpha value is -3.37. The van der Waals surface area contributed by atoms with Crippen molar-refractivity contribution in [3.8, 4) is 6.07 Å². The van der Waals surface area contributed by atoms with Gasteiger partial charge in [0, 0.05) is 30.4 Å². The number of nitriles is 1. The zero-order valence-corrected chi connectivity index (χ0v) is 24.6. The smallest absolute Gasteiger partial charge is 0.227 e. The van der Waals surface area contributed by atoms with E-state index in [0.29, 0.717) is 28.6 Å². The maximum Gasteiger partial charge on any atom is 0.227 e. The summed E-state index contributed by atoms with van der Waals surface area (Å²) < 4.78 is 14.3. The number of nitrogens with zero attached hydrogens (tertiary/aromatic N) is 3. The Bertz CT molecular complexity index is 1490. The third-order valence-electron chi connectivity index (χ3n) is 8.67. The fourth-order valence-electron chi connectivity index (χ4n) is 6.15. The Balaban J connectivity index is 1.27. The number of halogens is 3. The average Bonchev–Trinajstić information content (AvgIpc) is 2.98. The van der Waals surface area contributed by atoms with Gasteiger partial charge in [0.05, 0.1) is 27.6 Å². The van der Waals surface area contributed by atoms with E-state index in [4.69, 9.17) is 28.5 Å². The highest BCUT2D eigenvalue weighted by atomic mass is 35.5. The van der Waals surface area contributed by atoms with Gasteiger partial charge in [-0.3, -0.25) is 4.79 Å². The predicted octanol–water partition coefficient (Wildman–Crippen LogP) is 7.18. The van der Waals surface area contributed by atoms with E-state index in [-0.39, 0.29) is 17.1 Å². The molecule has 1 N–H and O–H groups in total. The van der Waals surface area contributed by atoms with E-state index in [2.05, 4.69) is 27.8 Å². The number of benzene rings is 3. The van der Waals surface area contributed by atoms with Crippen molar-refractivity contribution < 1.29 is 9.18 Å². The monoisotopic (exact) mass is 590 g/mol. The molecule has 3 aromatic carbocycles. The van der Waals surface area contributed by atoms with Crippen LogP contribution < -0.4 is 10.2 Å². The fourth-order valence-corrected chi connectivity index (χ4v) is 6.46. The molecule has 0 bridgehead atoms. The number of rotatable bonds is 7. The van der Waals surface area contributed by atoms with Crippen LogP contribution in [0, 0.1) is 17.1 Å². The van der Waals surface area contributed by atoms with Crippen LogP contribution in [-0.2, 0) is 16.8 Å². The molecule has 1 spiro atoms. The molecule has 5 nitrogen and oxygen atoms in total. The van der Waals surface area contributed by atoms with Crippen molar-refractivity contribution >= 4 is 34.8 Å². The summed E-state index contributed by atoms with van der Waals surface area (Å²) in [4.78, 5) is 17.9. The first-order valence-electron chi connectivity index (χ1n) is 13.8. The molecule has 1 fully saturated rings. The highest BCUT2D eigenvalue weighted by Gasteiger charge is 2.42. The standard InChI is InChI=1S/C33H33Cl2FN4O/c1-22-19-33(28-18-26(36)8-10-31(28)39(22)2)12-15-40(16-13-33)14-11-27(25-7-9-29(34)30(35)17-25)32(41)38-21-24-5-3-23(20-37)4-6-24/h3-10,17-18,27H,1,11-16,19,21H2,2H3,(H,38,41). The number of likely N-dealkylation sites (tertiary alicyclic amines) is 1. The van der Waals surface area contributed by atoms with Gasteiger partial charge < -0.3 is 15.1 Å². The molecule has 212 valence electrons. The van der Waals surface area contributed by atoms with Crippen molar-refractivity contribution in [2.45, 2.75) is 43.6 Å². The summed E-state index contributed by atoms with van der Waals surface area (Å²) in [6.45, 7) is 7.11. The lowest BCUT2D eigenvalue weighted by Crippen LogP contribution is -2.47. The van der Waals surface area contributed by atoms with Gasteiger partial charge >= 0.3 is 0 Å². The molecule has 8 heteroatoms. The SMILES string of the molecule is C=C1CC2(CCN(CCC(C(=O)NCc3ccc(C#N)cc3)c3ccc(Cl)c(Cl)c3)CC2)c2cc(F)ccc2N1C. The van der Waals surface area contributed by atoms with Crippen molar-refractivity contribution in [2.75, 3.05) is 31.6 Å². The summed E-state index contributed by atoms with van der Waals surface area (Å²) in [5.41, 5.74) is 5.35. The number of anilines is 1. The molecule has 3 aromatic rings. The van der Waals surface area contributed by atoms with Gasteiger partial charge in [0.25, 0.3) is 0 Å². The lowest BCUT2D eigenvalue weighted by molar-refractivity contribution is -0.123. The third-order valence-corrected chi connectivity index (χ3v) is 9.41. The summed E-state index contributed by atoms with van der Waals surface area (Å²) >= 11 is 12.5. The van der Waals surface area contributed by atoms with Gasteiger partial charge in [-0.25, -0.2) is 4.39 Å². The normalized spacial score (nSPS) is 17.1. The van der Waals surface area contributed by atoms with Crippen LogP contribution in [0.3, 0.4) is 0 Å². The molecule has 0 radical (unpaired) electrons. The van der Waals surface area contributed by atoms with E-state index in [1.54, 1.807) is 30.3 Å². The van der Waals surface area contributed by atoms with Gasteiger partial charge in [-0.05, 0) is 104 Å². The lowest BCUT2D eigenvalue weighted by atomic mass is 9.67. The molecule has 41 heavy (non-hydrogen) atoms. The number of piperidine rings is 1. The lowest BCUT2D eigenvalue weighted by Gasteiger charge is -2.48. The molecular formula is C33H33Cl2FN4O. The Morgan fingerprint density at radius 2 is 1.83 bits per heavy atom. The molecule has 0 saturated carbocycles. The van der Waals surface area contributed by atoms with E-state index >= 15 is 0 Å². The maximum atomic E-state index is 14.3.